The van der Waals surface area contributed by atoms with Gasteiger partial charge in [-0.3, -0.25) is 0 Å². The minimum absolute atomic E-state index is 0.00796. The Hall–Kier alpha value is -1.64. The van der Waals surface area contributed by atoms with Crippen LogP contribution >= 0.6 is 11.3 Å². The Bertz CT molecular complexity index is 668. The lowest BCUT2D eigenvalue weighted by Crippen LogP contribution is -2.40. The van der Waals surface area contributed by atoms with E-state index in [0.717, 1.165) is 24.1 Å². The van der Waals surface area contributed by atoms with Gasteiger partial charge in [0.15, 0.2) is 0 Å². The van der Waals surface area contributed by atoms with Gasteiger partial charge in [0.05, 0.1) is 24.7 Å². The quantitative estimate of drug-likeness (QED) is 0.571. The van der Waals surface area contributed by atoms with Crippen LogP contribution in [0.4, 0.5) is 0 Å². The molecule has 0 fully saturated rings. The molecule has 2 rings (SSSR count). The zero-order valence-corrected chi connectivity index (χ0v) is 14.9. The second-order valence-electron chi connectivity index (χ2n) is 6.17. The minimum Gasteiger partial charge on any atom is -0.394 e. The van der Waals surface area contributed by atoms with E-state index in [9.17, 15) is 5.11 Å². The van der Waals surface area contributed by atoms with Crippen molar-refractivity contribution in [2.24, 2.45) is 5.73 Å². The van der Waals surface area contributed by atoms with Crippen LogP contribution in [0.3, 0.4) is 0 Å². The van der Waals surface area contributed by atoms with E-state index in [1.165, 1.54) is 10.4 Å². The van der Waals surface area contributed by atoms with Crippen molar-refractivity contribution in [2.45, 2.75) is 38.3 Å². The van der Waals surface area contributed by atoms with Gasteiger partial charge in [-0.2, -0.15) is 0 Å². The SMILES string of the molecule is CC(N)(CO)CCc1ccc(C#CCCOCc2ccccc2)s1. The van der Waals surface area contributed by atoms with Gasteiger partial charge >= 0.3 is 0 Å². The highest BCUT2D eigenvalue weighted by Crippen LogP contribution is 2.19. The fraction of sp³-hybridized carbons (Fsp3) is 0.400. The average molecular weight is 343 g/mol. The van der Waals surface area contributed by atoms with Crippen molar-refractivity contribution < 1.29 is 9.84 Å². The molecule has 0 saturated heterocycles. The number of ether oxygens (including phenoxy) is 1. The van der Waals surface area contributed by atoms with Gasteiger partial charge in [0, 0.05) is 16.8 Å². The number of aryl methyl sites for hydroxylation is 1. The molecule has 0 amide bonds. The highest BCUT2D eigenvalue weighted by molar-refractivity contribution is 7.12. The van der Waals surface area contributed by atoms with Crippen LogP contribution in [0.1, 0.15) is 35.1 Å². The summed E-state index contributed by atoms with van der Waals surface area (Å²) in [4.78, 5) is 2.32. The molecule has 0 spiro atoms. The fourth-order valence-electron chi connectivity index (χ4n) is 2.10. The van der Waals surface area contributed by atoms with Crippen LogP contribution in [0.5, 0.6) is 0 Å². The first kappa shape index (κ1) is 18.7. The Morgan fingerprint density at radius 2 is 2.00 bits per heavy atom. The second kappa shape index (κ2) is 9.61. The molecular formula is C20H25NO2S. The molecule has 2 aromatic rings. The summed E-state index contributed by atoms with van der Waals surface area (Å²) in [5.41, 5.74) is 6.63. The van der Waals surface area contributed by atoms with Gasteiger partial charge in [0.2, 0.25) is 0 Å². The summed E-state index contributed by atoms with van der Waals surface area (Å²) < 4.78 is 5.61. The molecule has 0 saturated carbocycles. The Labute approximate surface area is 148 Å². The lowest BCUT2D eigenvalue weighted by atomic mass is 9.98. The Morgan fingerprint density at radius 3 is 2.75 bits per heavy atom. The second-order valence-corrected chi connectivity index (χ2v) is 7.34. The molecule has 1 unspecified atom stereocenters. The van der Waals surface area contributed by atoms with E-state index >= 15 is 0 Å². The number of aliphatic hydroxyl groups is 1. The van der Waals surface area contributed by atoms with Crippen molar-refractivity contribution in [1.29, 1.82) is 0 Å². The van der Waals surface area contributed by atoms with Crippen molar-refractivity contribution in [1.82, 2.24) is 0 Å². The van der Waals surface area contributed by atoms with E-state index < -0.39 is 5.54 Å². The number of nitrogens with two attached hydrogens (primary N) is 1. The normalized spacial score (nSPS) is 13.1. The number of benzene rings is 1. The predicted octanol–water partition coefficient (Wildman–Crippen LogP) is 3.35. The molecule has 3 nitrogen and oxygen atoms in total. The van der Waals surface area contributed by atoms with Gasteiger partial charge in [0.25, 0.3) is 0 Å². The van der Waals surface area contributed by atoms with Gasteiger partial charge in [0.1, 0.15) is 0 Å². The monoisotopic (exact) mass is 343 g/mol. The predicted molar refractivity (Wildman–Crippen MR) is 99.9 cm³/mol. The standard InChI is InChI=1S/C20H25NO2S/c1-20(21,16-22)13-12-19-11-10-18(24-19)9-5-6-14-23-15-17-7-3-2-4-8-17/h2-4,7-8,10-11,22H,6,12-16,21H2,1H3. The maximum atomic E-state index is 9.18. The first-order valence-corrected chi connectivity index (χ1v) is 9.00. The van der Waals surface area contributed by atoms with Gasteiger partial charge in [-0.05, 0) is 37.5 Å². The lowest BCUT2D eigenvalue weighted by Gasteiger charge is -2.20. The molecular weight excluding hydrogens is 318 g/mol. The number of hydrogen-bond acceptors (Lipinski definition) is 4. The summed E-state index contributed by atoms with van der Waals surface area (Å²) in [5.74, 6) is 6.34. The fourth-order valence-corrected chi connectivity index (χ4v) is 2.99. The highest BCUT2D eigenvalue weighted by atomic mass is 32.1. The third-order valence-electron chi connectivity index (χ3n) is 3.66. The Morgan fingerprint density at radius 1 is 1.21 bits per heavy atom. The Balaban J connectivity index is 1.68. The third-order valence-corrected chi connectivity index (χ3v) is 4.72. The van der Waals surface area contributed by atoms with Crippen LogP contribution in [-0.4, -0.2) is 23.9 Å². The van der Waals surface area contributed by atoms with Crippen LogP contribution in [0.15, 0.2) is 42.5 Å². The maximum absolute atomic E-state index is 9.18. The van der Waals surface area contributed by atoms with Crippen LogP contribution in [0.2, 0.25) is 0 Å². The Kier molecular flexibility index (Phi) is 7.48. The van der Waals surface area contributed by atoms with Crippen molar-refractivity contribution in [3.63, 3.8) is 0 Å². The maximum Gasteiger partial charge on any atom is 0.0771 e. The van der Waals surface area contributed by atoms with Gasteiger partial charge < -0.3 is 15.6 Å². The molecule has 1 aromatic carbocycles. The summed E-state index contributed by atoms with van der Waals surface area (Å²) in [7, 11) is 0. The van der Waals surface area contributed by atoms with Gasteiger partial charge in [-0.1, -0.05) is 42.2 Å². The highest BCUT2D eigenvalue weighted by Gasteiger charge is 2.16. The van der Waals surface area contributed by atoms with E-state index in [1.807, 2.05) is 31.2 Å². The van der Waals surface area contributed by atoms with E-state index in [4.69, 9.17) is 10.5 Å². The average Bonchev–Trinajstić information content (AvgIpc) is 3.05. The van der Waals surface area contributed by atoms with Crippen LogP contribution < -0.4 is 5.73 Å². The summed E-state index contributed by atoms with van der Waals surface area (Å²) in [6.07, 6.45) is 2.37. The summed E-state index contributed by atoms with van der Waals surface area (Å²) in [6, 6.07) is 14.3. The van der Waals surface area contributed by atoms with Crippen LogP contribution in [0, 0.1) is 11.8 Å². The van der Waals surface area contributed by atoms with Gasteiger partial charge in [-0.15, -0.1) is 11.3 Å². The summed E-state index contributed by atoms with van der Waals surface area (Å²) >= 11 is 1.69. The molecule has 0 aliphatic rings. The number of rotatable bonds is 8. The topological polar surface area (TPSA) is 55.5 Å². The van der Waals surface area contributed by atoms with Crippen molar-refractivity contribution >= 4 is 11.3 Å². The minimum atomic E-state index is -0.508. The molecule has 1 heterocycles. The smallest absolute Gasteiger partial charge is 0.0771 e. The molecule has 0 aliphatic heterocycles. The molecule has 3 N–H and O–H groups in total. The van der Waals surface area contributed by atoms with Crippen LogP contribution in [0.25, 0.3) is 0 Å². The number of thiophene rings is 1. The zero-order chi connectivity index (χ0) is 17.3. The van der Waals surface area contributed by atoms with Crippen molar-refractivity contribution in [3.8, 4) is 11.8 Å². The first-order chi connectivity index (χ1) is 11.6. The molecule has 4 heteroatoms. The number of aliphatic hydroxyl groups excluding tert-OH is 1. The summed E-state index contributed by atoms with van der Waals surface area (Å²) in [5, 5.41) is 9.18. The molecule has 0 aliphatic carbocycles. The molecule has 0 radical (unpaired) electrons. The molecule has 0 bridgehead atoms. The summed E-state index contributed by atoms with van der Waals surface area (Å²) in [6.45, 7) is 3.15. The van der Waals surface area contributed by atoms with Crippen molar-refractivity contribution in [2.75, 3.05) is 13.2 Å². The van der Waals surface area contributed by atoms with E-state index in [0.29, 0.717) is 13.2 Å². The lowest BCUT2D eigenvalue weighted by molar-refractivity contribution is 0.126. The van der Waals surface area contributed by atoms with Crippen LogP contribution in [-0.2, 0) is 17.8 Å². The first-order valence-electron chi connectivity index (χ1n) is 8.18. The van der Waals surface area contributed by atoms with E-state index in [-0.39, 0.29) is 6.61 Å². The van der Waals surface area contributed by atoms with E-state index in [1.54, 1.807) is 11.3 Å². The molecule has 1 aromatic heterocycles. The number of hydrogen-bond donors (Lipinski definition) is 2. The third kappa shape index (κ3) is 6.86. The zero-order valence-electron chi connectivity index (χ0n) is 14.1. The molecule has 128 valence electrons. The largest absolute Gasteiger partial charge is 0.394 e. The van der Waals surface area contributed by atoms with Gasteiger partial charge in [-0.25, -0.2) is 0 Å². The molecule has 24 heavy (non-hydrogen) atoms. The van der Waals surface area contributed by atoms with E-state index in [2.05, 4.69) is 30.0 Å². The molecule has 1 atom stereocenters. The van der Waals surface area contributed by atoms with Crippen molar-refractivity contribution in [3.05, 3.63) is 57.8 Å².